The van der Waals surface area contributed by atoms with Crippen molar-refractivity contribution < 1.29 is 13.2 Å². The van der Waals surface area contributed by atoms with E-state index in [9.17, 15) is 13.2 Å². The van der Waals surface area contributed by atoms with E-state index in [1.165, 1.54) is 0 Å². The summed E-state index contributed by atoms with van der Waals surface area (Å²) in [5, 5.41) is 2.78. The molecule has 0 spiro atoms. The summed E-state index contributed by atoms with van der Waals surface area (Å²) in [4.78, 5) is 15.4. The van der Waals surface area contributed by atoms with Gasteiger partial charge in [0.05, 0.1) is 12.3 Å². The van der Waals surface area contributed by atoms with Gasteiger partial charge in [-0.05, 0) is 24.6 Å². The molecule has 1 atom stereocenters. The number of nitrogens with zero attached hydrogens (tertiary/aromatic N) is 1. The molecular formula is C11H17N3O3S. The summed E-state index contributed by atoms with van der Waals surface area (Å²) >= 11 is 0. The molecule has 6 nitrogen and oxygen atoms in total. The van der Waals surface area contributed by atoms with Crippen LogP contribution in [0.15, 0.2) is 24.5 Å². The zero-order valence-corrected chi connectivity index (χ0v) is 11.2. The number of carbonyl (C=O) groups excluding carboxylic acids is 1. The Kier molecular flexibility index (Phi) is 5.24. The van der Waals surface area contributed by atoms with Crippen LogP contribution in [0.2, 0.25) is 0 Å². The average Bonchev–Trinajstić information content (AvgIpc) is 2.28. The van der Waals surface area contributed by atoms with Crippen molar-refractivity contribution in [3.8, 4) is 0 Å². The van der Waals surface area contributed by atoms with E-state index < -0.39 is 10.0 Å². The van der Waals surface area contributed by atoms with E-state index in [0.717, 1.165) is 11.8 Å². The lowest BCUT2D eigenvalue weighted by Crippen LogP contribution is -2.31. The van der Waals surface area contributed by atoms with Crippen LogP contribution in [-0.2, 0) is 14.8 Å². The topological polar surface area (TPSA) is 88.2 Å². The molecule has 1 heterocycles. The first-order valence-corrected chi connectivity index (χ1v) is 7.41. The highest BCUT2D eigenvalue weighted by Crippen LogP contribution is 2.09. The molecule has 18 heavy (non-hydrogen) atoms. The van der Waals surface area contributed by atoms with Crippen LogP contribution in [0.25, 0.3) is 0 Å². The zero-order valence-electron chi connectivity index (χ0n) is 10.4. The molecule has 2 N–H and O–H groups in total. The van der Waals surface area contributed by atoms with Gasteiger partial charge in [-0.2, -0.15) is 0 Å². The number of sulfonamides is 1. The Bertz CT molecular complexity index is 488. The van der Waals surface area contributed by atoms with Gasteiger partial charge in [0, 0.05) is 25.4 Å². The maximum Gasteiger partial charge on any atom is 0.221 e. The first-order chi connectivity index (χ1) is 8.38. The quantitative estimate of drug-likeness (QED) is 0.773. The lowest BCUT2D eigenvalue weighted by atomic mass is 10.1. The highest BCUT2D eigenvalue weighted by atomic mass is 32.2. The Labute approximate surface area is 107 Å². The molecule has 1 rings (SSSR count). The van der Waals surface area contributed by atoms with Crippen LogP contribution in [0.5, 0.6) is 0 Å². The van der Waals surface area contributed by atoms with E-state index >= 15 is 0 Å². The molecule has 0 aliphatic carbocycles. The molecule has 1 aromatic rings. The van der Waals surface area contributed by atoms with Gasteiger partial charge in [-0.15, -0.1) is 0 Å². The minimum atomic E-state index is -3.24. The van der Waals surface area contributed by atoms with Gasteiger partial charge < -0.3 is 5.32 Å². The van der Waals surface area contributed by atoms with Gasteiger partial charge in [0.15, 0.2) is 0 Å². The third-order valence-corrected chi connectivity index (χ3v) is 3.03. The van der Waals surface area contributed by atoms with Gasteiger partial charge in [-0.3, -0.25) is 9.78 Å². The van der Waals surface area contributed by atoms with Crippen molar-refractivity contribution in [3.05, 3.63) is 30.1 Å². The molecule has 0 saturated carbocycles. The molecule has 0 radical (unpaired) electrons. The molecule has 7 heteroatoms. The predicted octanol–water partition coefficient (Wildman–Crippen LogP) is 0.198. The number of carbonyl (C=O) groups is 1. The Hall–Kier alpha value is -1.47. The summed E-state index contributed by atoms with van der Waals surface area (Å²) < 4.78 is 23.9. The second-order valence-electron chi connectivity index (χ2n) is 3.99. The molecule has 0 aliphatic rings. The molecule has 1 aromatic heterocycles. The van der Waals surface area contributed by atoms with Crippen LogP contribution in [0, 0.1) is 0 Å². The van der Waals surface area contributed by atoms with Crippen LogP contribution in [0.1, 0.15) is 24.9 Å². The van der Waals surface area contributed by atoms with E-state index in [0.29, 0.717) is 0 Å². The van der Waals surface area contributed by atoms with Gasteiger partial charge in [-0.25, -0.2) is 13.1 Å². The summed E-state index contributed by atoms with van der Waals surface area (Å²) in [6.07, 6.45) is 4.49. The predicted molar refractivity (Wildman–Crippen MR) is 68.3 cm³/mol. The minimum Gasteiger partial charge on any atom is -0.350 e. The second kappa shape index (κ2) is 6.46. The summed E-state index contributed by atoms with van der Waals surface area (Å²) in [5.41, 5.74) is 0.953. The third kappa shape index (κ3) is 5.74. The summed E-state index contributed by atoms with van der Waals surface area (Å²) in [6, 6.07) is 3.51. The number of nitrogens with one attached hydrogen (secondary N) is 2. The minimum absolute atomic E-state index is 0.105. The van der Waals surface area contributed by atoms with Crippen LogP contribution in [0.3, 0.4) is 0 Å². The number of pyridine rings is 1. The van der Waals surface area contributed by atoms with Crippen molar-refractivity contribution in [1.29, 1.82) is 0 Å². The van der Waals surface area contributed by atoms with Crippen molar-refractivity contribution in [2.45, 2.75) is 19.4 Å². The Balaban J connectivity index is 2.37. The van der Waals surface area contributed by atoms with Gasteiger partial charge in [0.1, 0.15) is 0 Å². The highest BCUT2D eigenvalue weighted by molar-refractivity contribution is 7.88. The van der Waals surface area contributed by atoms with Gasteiger partial charge in [0.2, 0.25) is 15.9 Å². The molecule has 0 saturated heterocycles. The van der Waals surface area contributed by atoms with Crippen molar-refractivity contribution in [2.24, 2.45) is 0 Å². The van der Waals surface area contributed by atoms with Crippen molar-refractivity contribution >= 4 is 15.9 Å². The molecule has 0 aliphatic heterocycles. The van der Waals surface area contributed by atoms with Crippen LogP contribution >= 0.6 is 0 Å². The standard InChI is InChI=1S/C11H17N3O3S/c1-9(10-3-6-12-7-4-10)14-11(15)5-8-13-18(2,16)17/h3-4,6-7,9,13H,5,8H2,1-2H3,(H,14,15)/t9-/m1/s1. The fourth-order valence-electron chi connectivity index (χ4n) is 1.40. The monoisotopic (exact) mass is 271 g/mol. The second-order valence-corrected chi connectivity index (χ2v) is 5.82. The first-order valence-electron chi connectivity index (χ1n) is 5.52. The summed E-state index contributed by atoms with van der Waals surface area (Å²) in [6.45, 7) is 1.96. The first kappa shape index (κ1) is 14.6. The van der Waals surface area contributed by atoms with E-state index in [1.54, 1.807) is 12.4 Å². The normalized spacial score (nSPS) is 13.0. The van der Waals surface area contributed by atoms with E-state index in [4.69, 9.17) is 0 Å². The highest BCUT2D eigenvalue weighted by Gasteiger charge is 2.09. The lowest BCUT2D eigenvalue weighted by Gasteiger charge is -2.13. The van der Waals surface area contributed by atoms with Crippen LogP contribution in [0.4, 0.5) is 0 Å². The summed E-state index contributed by atoms with van der Waals surface area (Å²) in [5.74, 6) is -0.199. The van der Waals surface area contributed by atoms with Gasteiger partial charge >= 0.3 is 0 Å². The maximum atomic E-state index is 11.6. The zero-order chi connectivity index (χ0) is 13.6. The number of amides is 1. The molecule has 0 aromatic carbocycles. The third-order valence-electron chi connectivity index (χ3n) is 2.30. The Morgan fingerprint density at radius 3 is 2.56 bits per heavy atom. The van der Waals surface area contributed by atoms with Gasteiger partial charge in [-0.1, -0.05) is 0 Å². The molecule has 0 bridgehead atoms. The van der Waals surface area contributed by atoms with Crippen LogP contribution < -0.4 is 10.0 Å². The van der Waals surface area contributed by atoms with Crippen molar-refractivity contribution in [3.63, 3.8) is 0 Å². The lowest BCUT2D eigenvalue weighted by molar-refractivity contribution is -0.121. The largest absolute Gasteiger partial charge is 0.350 e. The van der Waals surface area contributed by atoms with Crippen molar-refractivity contribution in [1.82, 2.24) is 15.0 Å². The number of rotatable bonds is 6. The number of hydrogen-bond donors (Lipinski definition) is 2. The molecule has 1 amide bonds. The SMILES string of the molecule is C[C@@H](NC(=O)CCNS(C)(=O)=O)c1ccncc1. The smallest absolute Gasteiger partial charge is 0.221 e. The van der Waals surface area contributed by atoms with Crippen LogP contribution in [-0.4, -0.2) is 32.1 Å². The van der Waals surface area contributed by atoms with E-state index in [-0.39, 0.29) is 24.9 Å². The number of aromatic nitrogens is 1. The Morgan fingerprint density at radius 1 is 1.39 bits per heavy atom. The fourth-order valence-corrected chi connectivity index (χ4v) is 1.87. The van der Waals surface area contributed by atoms with E-state index in [1.807, 2.05) is 19.1 Å². The average molecular weight is 271 g/mol. The van der Waals surface area contributed by atoms with Crippen molar-refractivity contribution in [2.75, 3.05) is 12.8 Å². The molecule has 0 unspecified atom stereocenters. The summed E-state index contributed by atoms with van der Waals surface area (Å²) in [7, 11) is -3.24. The molecular weight excluding hydrogens is 254 g/mol. The number of hydrogen-bond acceptors (Lipinski definition) is 4. The fraction of sp³-hybridized carbons (Fsp3) is 0.455. The maximum absolute atomic E-state index is 11.6. The van der Waals surface area contributed by atoms with E-state index in [2.05, 4.69) is 15.0 Å². The molecule has 0 fully saturated rings. The Morgan fingerprint density at radius 2 is 2.00 bits per heavy atom. The molecule has 100 valence electrons. The van der Waals surface area contributed by atoms with Gasteiger partial charge in [0.25, 0.3) is 0 Å².